The van der Waals surface area contributed by atoms with Gasteiger partial charge in [-0.1, -0.05) is 19.1 Å². The van der Waals surface area contributed by atoms with Crippen LogP contribution in [-0.4, -0.2) is 27.9 Å². The summed E-state index contributed by atoms with van der Waals surface area (Å²) in [5.41, 5.74) is 2.82. The van der Waals surface area contributed by atoms with Crippen LogP contribution >= 0.6 is 11.3 Å². The summed E-state index contributed by atoms with van der Waals surface area (Å²) in [5.74, 6) is 0.649. The highest BCUT2D eigenvalue weighted by Crippen LogP contribution is 2.23. The Morgan fingerprint density at radius 2 is 2.21 bits per heavy atom. The van der Waals surface area contributed by atoms with E-state index in [1.165, 1.54) is 0 Å². The number of benzene rings is 1. The molecule has 2 N–H and O–H groups in total. The average molecular weight is 340 g/mol. The minimum atomic E-state index is -0.0895. The fraction of sp³-hybridized carbons (Fsp3) is 0.333. The van der Waals surface area contributed by atoms with Gasteiger partial charge in [0, 0.05) is 29.0 Å². The zero-order valence-corrected chi connectivity index (χ0v) is 14.3. The Kier molecular flexibility index (Phi) is 4.08. The maximum atomic E-state index is 12.4. The molecule has 0 spiro atoms. The van der Waals surface area contributed by atoms with Crippen LogP contribution in [0.3, 0.4) is 0 Å². The largest absolute Gasteiger partial charge is 0.325 e. The summed E-state index contributed by atoms with van der Waals surface area (Å²) in [6, 6.07) is 7.78. The molecule has 1 fully saturated rings. The molecule has 0 bridgehead atoms. The van der Waals surface area contributed by atoms with Crippen molar-refractivity contribution in [2.75, 3.05) is 11.9 Å². The molecule has 124 valence electrons. The third-order valence-corrected chi connectivity index (χ3v) is 5.29. The normalized spacial score (nSPS) is 21.0. The van der Waals surface area contributed by atoms with Gasteiger partial charge < -0.3 is 10.6 Å². The molecule has 6 heteroatoms. The van der Waals surface area contributed by atoms with Crippen molar-refractivity contribution in [3.8, 4) is 11.3 Å². The Morgan fingerprint density at radius 3 is 2.96 bits per heavy atom. The molecular formula is C18H20N4OS. The Balaban J connectivity index is 1.45. The number of thiazole rings is 1. The minimum absolute atomic E-state index is 0.0526. The third kappa shape index (κ3) is 3.07. The number of carbonyl (C=O) groups excluding carboxylic acids is 1. The average Bonchev–Trinajstić information content (AvgIpc) is 3.17. The molecule has 2 unspecified atom stereocenters. The molecule has 0 aliphatic carbocycles. The topological polar surface area (TPSA) is 58.4 Å². The molecule has 2 aromatic heterocycles. The first-order valence-electron chi connectivity index (χ1n) is 8.26. The molecular weight excluding hydrogens is 320 g/mol. The molecule has 4 rings (SSSR count). The minimum Gasteiger partial charge on any atom is -0.325 e. The van der Waals surface area contributed by atoms with Gasteiger partial charge in [-0.15, -0.1) is 11.3 Å². The van der Waals surface area contributed by atoms with E-state index in [0.29, 0.717) is 5.92 Å². The number of anilines is 1. The first-order valence-corrected chi connectivity index (χ1v) is 9.14. The molecule has 0 saturated carbocycles. The lowest BCUT2D eigenvalue weighted by atomic mass is 9.94. The summed E-state index contributed by atoms with van der Waals surface area (Å²) in [6.45, 7) is 3.11. The first kappa shape index (κ1) is 15.4. The van der Waals surface area contributed by atoms with Gasteiger partial charge in [0.05, 0.1) is 11.7 Å². The number of fused-ring (bicyclic) bond motifs is 1. The fourth-order valence-corrected chi connectivity index (χ4v) is 3.83. The highest BCUT2D eigenvalue weighted by atomic mass is 32.1. The molecule has 24 heavy (non-hydrogen) atoms. The second kappa shape index (κ2) is 6.37. The predicted molar refractivity (Wildman–Crippen MR) is 97.3 cm³/mol. The van der Waals surface area contributed by atoms with Gasteiger partial charge in [0.15, 0.2) is 4.96 Å². The van der Waals surface area contributed by atoms with Gasteiger partial charge in [0.1, 0.15) is 0 Å². The SMILES string of the molecule is CC1CCNC(C(=O)Nc2ccc(-c3cn4ccsc4n3)cc2)C1. The molecule has 1 aliphatic rings. The Morgan fingerprint density at radius 1 is 1.38 bits per heavy atom. The van der Waals surface area contributed by atoms with Gasteiger partial charge in [0.25, 0.3) is 0 Å². The lowest BCUT2D eigenvalue weighted by Crippen LogP contribution is -2.45. The van der Waals surface area contributed by atoms with E-state index in [0.717, 1.165) is 41.3 Å². The Bertz CT molecular complexity index is 823. The summed E-state index contributed by atoms with van der Waals surface area (Å²) in [5, 5.41) is 8.32. The number of hydrogen-bond acceptors (Lipinski definition) is 4. The number of nitrogens with one attached hydrogen (secondary N) is 2. The van der Waals surface area contributed by atoms with Crippen molar-refractivity contribution in [3.63, 3.8) is 0 Å². The summed E-state index contributed by atoms with van der Waals surface area (Å²) >= 11 is 1.62. The molecule has 1 aromatic carbocycles. The van der Waals surface area contributed by atoms with Gasteiger partial charge in [-0.3, -0.25) is 9.20 Å². The predicted octanol–water partition coefficient (Wildman–Crippen LogP) is 3.39. The van der Waals surface area contributed by atoms with E-state index < -0.39 is 0 Å². The summed E-state index contributed by atoms with van der Waals surface area (Å²) in [4.78, 5) is 17.9. The monoisotopic (exact) mass is 340 g/mol. The van der Waals surface area contributed by atoms with Crippen LogP contribution in [0.15, 0.2) is 42.0 Å². The van der Waals surface area contributed by atoms with Crippen LogP contribution in [0.1, 0.15) is 19.8 Å². The molecule has 5 nitrogen and oxygen atoms in total. The van der Waals surface area contributed by atoms with E-state index >= 15 is 0 Å². The van der Waals surface area contributed by atoms with Gasteiger partial charge in [0.2, 0.25) is 5.91 Å². The number of imidazole rings is 1. The van der Waals surface area contributed by atoms with Crippen molar-refractivity contribution in [1.29, 1.82) is 0 Å². The Hall–Kier alpha value is -2.18. The van der Waals surface area contributed by atoms with Crippen molar-refractivity contribution in [2.45, 2.75) is 25.8 Å². The van der Waals surface area contributed by atoms with E-state index in [4.69, 9.17) is 0 Å². The molecule has 1 amide bonds. The molecule has 0 radical (unpaired) electrons. The summed E-state index contributed by atoms with van der Waals surface area (Å²) < 4.78 is 2.02. The van der Waals surface area contributed by atoms with Crippen LogP contribution in [0.5, 0.6) is 0 Å². The van der Waals surface area contributed by atoms with E-state index in [2.05, 4.69) is 22.5 Å². The lowest BCUT2D eigenvalue weighted by Gasteiger charge is -2.27. The standard InChI is InChI=1S/C18H20N4OS/c1-12-6-7-19-15(10-12)17(23)20-14-4-2-13(3-5-14)16-11-22-8-9-24-18(22)21-16/h2-5,8-9,11-12,15,19H,6-7,10H2,1H3,(H,20,23). The highest BCUT2D eigenvalue weighted by molar-refractivity contribution is 7.15. The van der Waals surface area contributed by atoms with Crippen LogP contribution in [0, 0.1) is 5.92 Å². The van der Waals surface area contributed by atoms with E-state index in [9.17, 15) is 4.79 Å². The summed E-state index contributed by atoms with van der Waals surface area (Å²) in [6.07, 6.45) is 6.06. The number of carbonyl (C=O) groups is 1. The van der Waals surface area contributed by atoms with Gasteiger partial charge in [-0.25, -0.2) is 4.98 Å². The van der Waals surface area contributed by atoms with Crippen LogP contribution in [-0.2, 0) is 4.79 Å². The van der Waals surface area contributed by atoms with Crippen LogP contribution in [0.25, 0.3) is 16.2 Å². The molecule has 3 heterocycles. The second-order valence-corrected chi connectivity index (χ2v) is 7.29. The number of nitrogens with zero attached hydrogens (tertiary/aromatic N) is 2. The quantitative estimate of drug-likeness (QED) is 0.768. The lowest BCUT2D eigenvalue weighted by molar-refractivity contribution is -0.119. The maximum absolute atomic E-state index is 12.4. The third-order valence-electron chi connectivity index (χ3n) is 4.52. The van der Waals surface area contributed by atoms with Gasteiger partial charge >= 0.3 is 0 Å². The maximum Gasteiger partial charge on any atom is 0.241 e. The zero-order chi connectivity index (χ0) is 16.5. The molecule has 1 aliphatic heterocycles. The van der Waals surface area contributed by atoms with Gasteiger partial charge in [-0.2, -0.15) is 0 Å². The van der Waals surface area contributed by atoms with Crippen molar-refractivity contribution in [3.05, 3.63) is 42.0 Å². The van der Waals surface area contributed by atoms with Crippen molar-refractivity contribution < 1.29 is 4.79 Å². The summed E-state index contributed by atoms with van der Waals surface area (Å²) in [7, 11) is 0. The van der Waals surface area contributed by atoms with Gasteiger partial charge in [-0.05, 0) is 37.4 Å². The Labute approximate surface area is 144 Å². The smallest absolute Gasteiger partial charge is 0.241 e. The fourth-order valence-electron chi connectivity index (χ4n) is 3.13. The zero-order valence-electron chi connectivity index (χ0n) is 13.5. The van der Waals surface area contributed by atoms with E-state index in [-0.39, 0.29) is 11.9 Å². The van der Waals surface area contributed by atoms with Crippen LogP contribution in [0.4, 0.5) is 5.69 Å². The van der Waals surface area contributed by atoms with Crippen molar-refractivity contribution >= 4 is 27.9 Å². The number of piperidine rings is 1. The van der Waals surface area contributed by atoms with Crippen LogP contribution in [0.2, 0.25) is 0 Å². The highest BCUT2D eigenvalue weighted by Gasteiger charge is 2.24. The second-order valence-electron chi connectivity index (χ2n) is 6.42. The van der Waals surface area contributed by atoms with E-state index in [1.54, 1.807) is 11.3 Å². The molecule has 1 saturated heterocycles. The number of rotatable bonds is 3. The van der Waals surface area contributed by atoms with Crippen molar-refractivity contribution in [2.24, 2.45) is 5.92 Å². The number of amides is 1. The number of aromatic nitrogens is 2. The van der Waals surface area contributed by atoms with Crippen molar-refractivity contribution in [1.82, 2.24) is 14.7 Å². The number of hydrogen-bond donors (Lipinski definition) is 2. The van der Waals surface area contributed by atoms with E-state index in [1.807, 2.05) is 46.4 Å². The first-order chi connectivity index (χ1) is 11.7. The van der Waals surface area contributed by atoms with Crippen LogP contribution < -0.4 is 10.6 Å². The molecule has 2 atom stereocenters. The molecule has 3 aromatic rings.